The molecule has 1 rings (SSSR count). The van der Waals surface area contributed by atoms with Crippen LogP contribution in [0.2, 0.25) is 0 Å². The van der Waals surface area contributed by atoms with Crippen molar-refractivity contribution in [2.75, 3.05) is 27.8 Å². The first-order valence-corrected chi connectivity index (χ1v) is 6.11. The Hall–Kier alpha value is -2.81. The molecular weight excluding hydrogens is 272 g/mol. The van der Waals surface area contributed by atoms with Gasteiger partial charge in [0, 0.05) is 14.1 Å². The van der Waals surface area contributed by atoms with Crippen molar-refractivity contribution in [1.29, 1.82) is 5.26 Å². The fraction of sp³-hybridized carbons (Fsp3) is 0.267. The van der Waals surface area contributed by atoms with Crippen LogP contribution in [0, 0.1) is 11.3 Å². The number of nitrogens with zero attached hydrogens (tertiary/aromatic N) is 2. The van der Waals surface area contributed by atoms with Gasteiger partial charge in [-0.25, -0.2) is 4.79 Å². The number of amides is 1. The van der Waals surface area contributed by atoms with E-state index in [0.29, 0.717) is 11.3 Å². The number of nitriles is 1. The normalized spacial score (nSPS) is 10.5. The van der Waals surface area contributed by atoms with Crippen molar-refractivity contribution >= 4 is 18.0 Å². The van der Waals surface area contributed by atoms with Crippen LogP contribution in [0.15, 0.2) is 29.8 Å². The van der Waals surface area contributed by atoms with Crippen LogP contribution in [0.1, 0.15) is 5.56 Å². The van der Waals surface area contributed by atoms with Crippen LogP contribution in [0.25, 0.3) is 6.08 Å². The molecule has 0 unspecified atom stereocenters. The topological polar surface area (TPSA) is 79.6 Å². The van der Waals surface area contributed by atoms with Crippen molar-refractivity contribution in [2.24, 2.45) is 0 Å². The van der Waals surface area contributed by atoms with Gasteiger partial charge in [0.1, 0.15) is 17.4 Å². The molecule has 6 heteroatoms. The maximum Gasteiger partial charge on any atom is 0.349 e. The average Bonchev–Trinajstić information content (AvgIpc) is 2.50. The summed E-state index contributed by atoms with van der Waals surface area (Å²) >= 11 is 0. The summed E-state index contributed by atoms with van der Waals surface area (Å²) in [5.74, 6) is -0.515. The molecule has 0 radical (unpaired) electrons. The molecule has 0 saturated heterocycles. The molecule has 0 heterocycles. The number of hydrogen-bond donors (Lipinski definition) is 0. The van der Waals surface area contributed by atoms with Crippen LogP contribution in [0.4, 0.5) is 0 Å². The Morgan fingerprint density at radius 2 is 1.90 bits per heavy atom. The van der Waals surface area contributed by atoms with Gasteiger partial charge < -0.3 is 14.4 Å². The van der Waals surface area contributed by atoms with Crippen molar-refractivity contribution in [3.05, 3.63) is 35.4 Å². The van der Waals surface area contributed by atoms with E-state index < -0.39 is 12.6 Å². The Morgan fingerprint density at radius 1 is 1.29 bits per heavy atom. The molecule has 21 heavy (non-hydrogen) atoms. The molecule has 0 aromatic heterocycles. The Morgan fingerprint density at radius 3 is 2.38 bits per heavy atom. The van der Waals surface area contributed by atoms with Crippen LogP contribution in [0.3, 0.4) is 0 Å². The van der Waals surface area contributed by atoms with Crippen LogP contribution in [-0.4, -0.2) is 44.6 Å². The van der Waals surface area contributed by atoms with Crippen molar-refractivity contribution in [1.82, 2.24) is 4.90 Å². The maximum atomic E-state index is 11.7. The highest BCUT2D eigenvalue weighted by Crippen LogP contribution is 2.14. The minimum Gasteiger partial charge on any atom is -0.497 e. The molecule has 0 bridgehead atoms. The quantitative estimate of drug-likeness (QED) is 0.462. The zero-order chi connectivity index (χ0) is 15.8. The van der Waals surface area contributed by atoms with Crippen LogP contribution < -0.4 is 4.74 Å². The third-order valence-electron chi connectivity index (χ3n) is 2.59. The van der Waals surface area contributed by atoms with E-state index >= 15 is 0 Å². The van der Waals surface area contributed by atoms with Crippen molar-refractivity contribution < 1.29 is 19.1 Å². The first kappa shape index (κ1) is 16.2. The lowest BCUT2D eigenvalue weighted by atomic mass is 10.1. The van der Waals surface area contributed by atoms with E-state index in [4.69, 9.17) is 14.7 Å². The summed E-state index contributed by atoms with van der Waals surface area (Å²) in [5.41, 5.74) is 0.481. The Balaban J connectivity index is 2.76. The second-order valence-corrected chi connectivity index (χ2v) is 4.31. The smallest absolute Gasteiger partial charge is 0.349 e. The minimum atomic E-state index is -0.830. The molecule has 0 spiro atoms. The number of rotatable bonds is 5. The third kappa shape index (κ3) is 4.99. The third-order valence-corrected chi connectivity index (χ3v) is 2.59. The molecule has 110 valence electrons. The SMILES string of the molecule is COc1ccc(/C=C(\C#N)C(=O)OCC(=O)N(C)C)cc1. The molecule has 1 aromatic rings. The molecule has 0 N–H and O–H groups in total. The summed E-state index contributed by atoms with van der Waals surface area (Å²) in [6, 6.07) is 8.59. The van der Waals surface area contributed by atoms with Gasteiger partial charge in [0.05, 0.1) is 7.11 Å². The second-order valence-electron chi connectivity index (χ2n) is 4.31. The van der Waals surface area contributed by atoms with E-state index in [1.807, 2.05) is 0 Å². The first-order chi connectivity index (χ1) is 9.97. The summed E-state index contributed by atoms with van der Waals surface area (Å²) in [4.78, 5) is 24.3. The number of ether oxygens (including phenoxy) is 2. The molecule has 0 aliphatic carbocycles. The minimum absolute atomic E-state index is 0.174. The average molecular weight is 288 g/mol. The fourth-order valence-electron chi connectivity index (χ4n) is 1.34. The second kappa shape index (κ2) is 7.70. The van der Waals surface area contributed by atoms with Gasteiger partial charge in [0.2, 0.25) is 0 Å². The molecule has 6 nitrogen and oxygen atoms in total. The predicted molar refractivity (Wildman–Crippen MR) is 76.2 cm³/mol. The zero-order valence-corrected chi connectivity index (χ0v) is 12.1. The van der Waals surface area contributed by atoms with Gasteiger partial charge in [0.15, 0.2) is 6.61 Å². The Labute approximate surface area is 123 Å². The van der Waals surface area contributed by atoms with Crippen molar-refractivity contribution in [2.45, 2.75) is 0 Å². The van der Waals surface area contributed by atoms with E-state index in [9.17, 15) is 9.59 Å². The van der Waals surface area contributed by atoms with E-state index in [1.54, 1.807) is 51.5 Å². The first-order valence-electron chi connectivity index (χ1n) is 6.11. The molecule has 0 aliphatic rings. The number of hydrogen-bond acceptors (Lipinski definition) is 5. The summed E-state index contributed by atoms with van der Waals surface area (Å²) < 4.78 is 9.81. The monoisotopic (exact) mass is 288 g/mol. The number of carbonyl (C=O) groups is 2. The molecular formula is C15H16N2O4. The van der Waals surface area contributed by atoms with E-state index in [1.165, 1.54) is 11.0 Å². The van der Waals surface area contributed by atoms with Crippen LogP contribution in [-0.2, 0) is 14.3 Å². The molecule has 0 atom stereocenters. The largest absolute Gasteiger partial charge is 0.497 e. The highest BCUT2D eigenvalue weighted by atomic mass is 16.5. The Bertz CT molecular complexity index is 583. The number of methoxy groups -OCH3 is 1. The van der Waals surface area contributed by atoms with E-state index in [-0.39, 0.29) is 11.5 Å². The van der Waals surface area contributed by atoms with Gasteiger partial charge in [-0.1, -0.05) is 12.1 Å². The number of esters is 1. The van der Waals surface area contributed by atoms with Gasteiger partial charge in [-0.15, -0.1) is 0 Å². The molecule has 1 amide bonds. The van der Waals surface area contributed by atoms with Gasteiger partial charge in [-0.05, 0) is 23.8 Å². The summed E-state index contributed by atoms with van der Waals surface area (Å²) in [7, 11) is 4.65. The highest BCUT2D eigenvalue weighted by molar-refractivity contribution is 5.98. The maximum absolute atomic E-state index is 11.7. The summed E-state index contributed by atoms with van der Waals surface area (Å²) in [6.45, 7) is -0.395. The van der Waals surface area contributed by atoms with Gasteiger partial charge in [-0.3, -0.25) is 4.79 Å². The molecule has 0 fully saturated rings. The van der Waals surface area contributed by atoms with Gasteiger partial charge in [-0.2, -0.15) is 5.26 Å². The van der Waals surface area contributed by atoms with E-state index in [0.717, 1.165) is 0 Å². The Kier molecular flexibility index (Phi) is 5.96. The molecule has 1 aromatic carbocycles. The number of benzene rings is 1. The van der Waals surface area contributed by atoms with Gasteiger partial charge in [0.25, 0.3) is 5.91 Å². The zero-order valence-electron chi connectivity index (χ0n) is 12.1. The fourth-order valence-corrected chi connectivity index (χ4v) is 1.34. The number of likely N-dealkylation sites (N-methyl/N-ethyl adjacent to an activating group) is 1. The van der Waals surface area contributed by atoms with E-state index in [2.05, 4.69) is 0 Å². The summed E-state index contributed by atoms with van der Waals surface area (Å²) in [6.07, 6.45) is 1.39. The highest BCUT2D eigenvalue weighted by Gasteiger charge is 2.13. The van der Waals surface area contributed by atoms with Crippen LogP contribution in [0.5, 0.6) is 5.75 Å². The van der Waals surface area contributed by atoms with Gasteiger partial charge >= 0.3 is 5.97 Å². The standard InChI is InChI=1S/C15H16N2O4/c1-17(2)14(18)10-21-15(19)12(9-16)8-11-4-6-13(20-3)7-5-11/h4-8H,10H2,1-3H3/b12-8+. The number of carbonyl (C=O) groups excluding carboxylic acids is 2. The summed E-state index contributed by atoms with van der Waals surface area (Å²) in [5, 5.41) is 8.99. The molecule has 0 saturated carbocycles. The lowest BCUT2D eigenvalue weighted by Gasteiger charge is -2.10. The van der Waals surface area contributed by atoms with Crippen LogP contribution >= 0.6 is 0 Å². The lowest BCUT2D eigenvalue weighted by Crippen LogP contribution is -2.27. The molecule has 0 aliphatic heterocycles. The van der Waals surface area contributed by atoms with Crippen molar-refractivity contribution in [3.8, 4) is 11.8 Å². The van der Waals surface area contributed by atoms with Crippen molar-refractivity contribution in [3.63, 3.8) is 0 Å². The predicted octanol–water partition coefficient (Wildman–Crippen LogP) is 1.23. The lowest BCUT2D eigenvalue weighted by molar-refractivity contribution is -0.147.